The van der Waals surface area contributed by atoms with Gasteiger partial charge in [0.25, 0.3) is 0 Å². The molecule has 24 heavy (non-hydrogen) atoms. The Balaban J connectivity index is 2.06. The fraction of sp³-hybridized carbons (Fsp3) is 0.529. The normalized spacial score (nSPS) is 11.0. The van der Waals surface area contributed by atoms with Crippen LogP contribution in [-0.4, -0.2) is 36.4 Å². The van der Waals surface area contributed by atoms with Crippen molar-refractivity contribution in [2.75, 3.05) is 18.8 Å². The van der Waals surface area contributed by atoms with Crippen LogP contribution in [-0.2, 0) is 9.53 Å². The van der Waals surface area contributed by atoms with Gasteiger partial charge in [-0.05, 0) is 55.3 Å². The molecule has 2 amide bonds. The van der Waals surface area contributed by atoms with Crippen LogP contribution in [0.1, 0.15) is 33.6 Å². The van der Waals surface area contributed by atoms with Crippen molar-refractivity contribution in [1.82, 2.24) is 10.6 Å². The molecule has 0 atom stereocenters. The molecule has 7 heteroatoms. The van der Waals surface area contributed by atoms with Gasteiger partial charge in [-0.2, -0.15) is 0 Å². The van der Waals surface area contributed by atoms with Gasteiger partial charge in [0.1, 0.15) is 5.60 Å². The molecule has 5 nitrogen and oxygen atoms in total. The summed E-state index contributed by atoms with van der Waals surface area (Å²) in [7, 11) is 0. The van der Waals surface area contributed by atoms with Gasteiger partial charge in [0.05, 0.1) is 0 Å². The summed E-state index contributed by atoms with van der Waals surface area (Å²) in [4.78, 5) is 24.3. The van der Waals surface area contributed by atoms with Crippen molar-refractivity contribution in [3.63, 3.8) is 0 Å². The zero-order valence-corrected chi connectivity index (χ0v) is 16.8. The van der Waals surface area contributed by atoms with E-state index in [-0.39, 0.29) is 5.91 Å². The quantitative estimate of drug-likeness (QED) is 0.496. The number of thioether (sulfide) groups is 1. The van der Waals surface area contributed by atoms with Gasteiger partial charge in [0, 0.05) is 34.6 Å². The van der Waals surface area contributed by atoms with Crippen molar-refractivity contribution in [3.8, 4) is 0 Å². The van der Waals surface area contributed by atoms with E-state index in [1.807, 2.05) is 45.0 Å². The monoisotopic (exact) mass is 416 g/mol. The molecule has 0 aromatic heterocycles. The zero-order chi connectivity index (χ0) is 18.0. The van der Waals surface area contributed by atoms with Crippen molar-refractivity contribution in [2.24, 2.45) is 0 Å². The summed E-state index contributed by atoms with van der Waals surface area (Å²) in [5, 5.41) is 5.51. The second-order valence-corrected chi connectivity index (χ2v) is 8.15. The molecule has 0 aliphatic carbocycles. The topological polar surface area (TPSA) is 67.4 Å². The van der Waals surface area contributed by atoms with Gasteiger partial charge in [-0.1, -0.05) is 12.1 Å². The van der Waals surface area contributed by atoms with Gasteiger partial charge in [0.2, 0.25) is 5.91 Å². The van der Waals surface area contributed by atoms with Crippen molar-refractivity contribution in [1.29, 1.82) is 0 Å². The van der Waals surface area contributed by atoms with Gasteiger partial charge >= 0.3 is 6.09 Å². The first-order chi connectivity index (χ1) is 11.3. The summed E-state index contributed by atoms with van der Waals surface area (Å²) in [6.07, 6.45) is 0.701. The molecule has 2 N–H and O–H groups in total. The molecule has 0 heterocycles. The highest BCUT2D eigenvalue weighted by Crippen LogP contribution is 2.27. The molecule has 0 spiro atoms. The smallest absolute Gasteiger partial charge is 0.407 e. The Bertz CT molecular complexity index is 547. The maximum Gasteiger partial charge on any atom is 0.407 e. The largest absolute Gasteiger partial charge is 0.444 e. The highest BCUT2D eigenvalue weighted by atomic mass is 79.9. The van der Waals surface area contributed by atoms with Gasteiger partial charge in [-0.25, -0.2) is 4.79 Å². The maximum atomic E-state index is 11.8. The third-order valence-corrected chi connectivity index (χ3v) is 4.80. The second-order valence-electron chi connectivity index (χ2n) is 6.16. The van der Waals surface area contributed by atoms with Crippen LogP contribution in [0.3, 0.4) is 0 Å². The molecule has 1 aromatic rings. The van der Waals surface area contributed by atoms with E-state index in [2.05, 4.69) is 26.6 Å². The van der Waals surface area contributed by atoms with Crippen LogP contribution in [0.4, 0.5) is 4.79 Å². The summed E-state index contributed by atoms with van der Waals surface area (Å²) in [5.74, 6) is 0.747. The van der Waals surface area contributed by atoms with Gasteiger partial charge < -0.3 is 15.4 Å². The fourth-order valence-corrected chi connectivity index (χ4v) is 3.24. The molecule has 0 saturated heterocycles. The van der Waals surface area contributed by atoms with Crippen LogP contribution in [0.2, 0.25) is 0 Å². The number of amides is 2. The van der Waals surface area contributed by atoms with Gasteiger partial charge in [-0.3, -0.25) is 4.79 Å². The Morgan fingerprint density at radius 3 is 2.50 bits per heavy atom. The number of benzene rings is 1. The number of alkyl carbamates (subject to hydrolysis) is 1. The fourth-order valence-electron chi connectivity index (χ4n) is 1.72. The molecule has 0 fully saturated rings. The number of carbonyl (C=O) groups is 2. The summed E-state index contributed by atoms with van der Waals surface area (Å²) in [6.45, 7) is 6.46. The first-order valence-electron chi connectivity index (χ1n) is 7.89. The molecular formula is C17H25BrN2O3S. The highest BCUT2D eigenvalue weighted by molar-refractivity contribution is 9.10. The standard InChI is InChI=1S/C17H25BrN2O3S/c1-17(2,3)23-16(22)20-11-6-10-19-15(21)9-12-24-14-8-5-4-7-13(14)18/h4-5,7-8H,6,9-12H2,1-3H3,(H,19,21)(H,20,22). The van der Waals surface area contributed by atoms with Gasteiger partial charge in [-0.15, -0.1) is 11.8 Å². The zero-order valence-electron chi connectivity index (χ0n) is 14.4. The molecule has 0 radical (unpaired) electrons. The van der Waals surface area contributed by atoms with Crippen molar-refractivity contribution in [3.05, 3.63) is 28.7 Å². The lowest BCUT2D eigenvalue weighted by Gasteiger charge is -2.19. The van der Waals surface area contributed by atoms with Crippen LogP contribution < -0.4 is 10.6 Å². The molecule has 0 saturated carbocycles. The van der Waals surface area contributed by atoms with E-state index in [1.54, 1.807) is 11.8 Å². The van der Waals surface area contributed by atoms with E-state index < -0.39 is 11.7 Å². The molecular weight excluding hydrogens is 392 g/mol. The third kappa shape index (κ3) is 9.82. The Hall–Kier alpha value is -1.21. The van der Waals surface area contributed by atoms with E-state index >= 15 is 0 Å². The van der Waals surface area contributed by atoms with Crippen molar-refractivity contribution in [2.45, 2.75) is 44.1 Å². The Morgan fingerprint density at radius 2 is 1.83 bits per heavy atom. The lowest BCUT2D eigenvalue weighted by molar-refractivity contribution is -0.120. The molecule has 1 rings (SSSR count). The lowest BCUT2D eigenvalue weighted by atomic mass is 10.2. The second kappa shape index (κ2) is 10.6. The maximum absolute atomic E-state index is 11.8. The highest BCUT2D eigenvalue weighted by Gasteiger charge is 2.15. The van der Waals surface area contributed by atoms with E-state index in [9.17, 15) is 9.59 Å². The summed E-state index contributed by atoms with van der Waals surface area (Å²) < 4.78 is 6.17. The molecule has 0 unspecified atom stereocenters. The first-order valence-corrected chi connectivity index (χ1v) is 9.66. The average molecular weight is 417 g/mol. The van der Waals surface area contributed by atoms with Crippen LogP contribution in [0.25, 0.3) is 0 Å². The SMILES string of the molecule is CC(C)(C)OC(=O)NCCCNC(=O)CCSc1ccccc1Br. The van der Waals surface area contributed by atoms with E-state index in [4.69, 9.17) is 4.74 Å². The number of ether oxygens (including phenoxy) is 1. The summed E-state index contributed by atoms with van der Waals surface area (Å²) >= 11 is 5.13. The van der Waals surface area contributed by atoms with Crippen LogP contribution in [0, 0.1) is 0 Å². The van der Waals surface area contributed by atoms with E-state index in [0.29, 0.717) is 25.9 Å². The van der Waals surface area contributed by atoms with Crippen LogP contribution in [0.15, 0.2) is 33.6 Å². The molecule has 1 aromatic carbocycles. The average Bonchev–Trinajstić information content (AvgIpc) is 2.47. The number of rotatable bonds is 8. The molecule has 134 valence electrons. The van der Waals surface area contributed by atoms with Crippen molar-refractivity contribution >= 4 is 39.7 Å². The minimum atomic E-state index is -0.496. The Labute approximate surface area is 156 Å². The number of halogens is 1. The van der Waals surface area contributed by atoms with Crippen LogP contribution in [0.5, 0.6) is 0 Å². The predicted molar refractivity (Wildman–Crippen MR) is 101 cm³/mol. The van der Waals surface area contributed by atoms with E-state index in [0.717, 1.165) is 15.1 Å². The van der Waals surface area contributed by atoms with Crippen LogP contribution >= 0.6 is 27.7 Å². The molecule has 0 aliphatic heterocycles. The summed E-state index contributed by atoms with van der Waals surface area (Å²) in [5.41, 5.74) is -0.496. The number of hydrogen-bond acceptors (Lipinski definition) is 4. The number of hydrogen-bond donors (Lipinski definition) is 2. The molecule has 0 aliphatic rings. The Kier molecular flexibility index (Phi) is 9.21. The molecule has 0 bridgehead atoms. The minimum absolute atomic E-state index is 0.0202. The lowest BCUT2D eigenvalue weighted by Crippen LogP contribution is -2.34. The number of nitrogens with one attached hydrogen (secondary N) is 2. The predicted octanol–water partition coefficient (Wildman–Crippen LogP) is 3.96. The van der Waals surface area contributed by atoms with E-state index in [1.165, 1.54) is 0 Å². The van der Waals surface area contributed by atoms with Gasteiger partial charge in [0.15, 0.2) is 0 Å². The summed E-state index contributed by atoms with van der Waals surface area (Å²) in [6, 6.07) is 7.95. The number of carbonyl (C=O) groups excluding carboxylic acids is 2. The van der Waals surface area contributed by atoms with Crippen molar-refractivity contribution < 1.29 is 14.3 Å². The Morgan fingerprint density at radius 1 is 1.17 bits per heavy atom. The first kappa shape index (κ1) is 20.8. The third-order valence-electron chi connectivity index (χ3n) is 2.77. The minimum Gasteiger partial charge on any atom is -0.444 e.